The monoisotopic (exact) mass is 351 g/mol. The van der Waals surface area contributed by atoms with Crippen LogP contribution in [0.2, 0.25) is 10.0 Å². The second-order valence-corrected chi connectivity index (χ2v) is 5.94. The molecule has 1 saturated heterocycles. The summed E-state index contributed by atoms with van der Waals surface area (Å²) in [6, 6.07) is 7.11. The summed E-state index contributed by atoms with van der Waals surface area (Å²) >= 11 is 11.9. The minimum Gasteiger partial charge on any atom is -0.353 e. The molecule has 0 saturated carbocycles. The standard InChI is InChI=1S/C15H15Cl2N5O/c16-12-2-1-11(9-13(12)17)19-15-18-4-3-14(20-15)22-7-5-21(10-23)6-8-22/h1-4,9-10H,5-8H2,(H,18,19,20). The third kappa shape index (κ3) is 3.83. The molecular formula is C15H15Cl2N5O. The van der Waals surface area contributed by atoms with Crippen molar-refractivity contribution >= 4 is 47.1 Å². The van der Waals surface area contributed by atoms with Crippen LogP contribution in [0, 0.1) is 0 Å². The van der Waals surface area contributed by atoms with Crippen LogP contribution >= 0.6 is 23.2 Å². The van der Waals surface area contributed by atoms with Crippen molar-refractivity contribution in [3.8, 4) is 0 Å². The molecule has 0 spiro atoms. The van der Waals surface area contributed by atoms with Crippen LogP contribution in [0.25, 0.3) is 0 Å². The Kier molecular flexibility index (Phi) is 4.83. The van der Waals surface area contributed by atoms with E-state index in [1.807, 2.05) is 12.1 Å². The fraction of sp³-hybridized carbons (Fsp3) is 0.267. The molecule has 2 aromatic rings. The number of rotatable bonds is 4. The molecule has 1 fully saturated rings. The highest BCUT2D eigenvalue weighted by Gasteiger charge is 2.17. The lowest BCUT2D eigenvalue weighted by Crippen LogP contribution is -2.46. The highest BCUT2D eigenvalue weighted by atomic mass is 35.5. The Balaban J connectivity index is 1.72. The molecule has 1 aromatic heterocycles. The summed E-state index contributed by atoms with van der Waals surface area (Å²) in [7, 11) is 0. The van der Waals surface area contributed by atoms with E-state index in [2.05, 4.69) is 20.2 Å². The van der Waals surface area contributed by atoms with Gasteiger partial charge in [-0.3, -0.25) is 4.79 Å². The van der Waals surface area contributed by atoms with Gasteiger partial charge in [0.15, 0.2) is 0 Å². The van der Waals surface area contributed by atoms with Gasteiger partial charge in [0.05, 0.1) is 10.0 Å². The van der Waals surface area contributed by atoms with Gasteiger partial charge in [-0.2, -0.15) is 4.98 Å². The highest BCUT2D eigenvalue weighted by molar-refractivity contribution is 6.42. The van der Waals surface area contributed by atoms with Crippen LogP contribution in [0.3, 0.4) is 0 Å². The van der Waals surface area contributed by atoms with Crippen molar-refractivity contribution < 1.29 is 4.79 Å². The second-order valence-electron chi connectivity index (χ2n) is 5.12. The molecule has 120 valence electrons. The molecular weight excluding hydrogens is 337 g/mol. The number of anilines is 3. The van der Waals surface area contributed by atoms with E-state index in [0.717, 1.165) is 31.0 Å². The van der Waals surface area contributed by atoms with Gasteiger partial charge in [-0.15, -0.1) is 0 Å². The van der Waals surface area contributed by atoms with Gasteiger partial charge in [0.2, 0.25) is 12.4 Å². The molecule has 1 aliphatic heterocycles. The number of nitrogens with one attached hydrogen (secondary N) is 1. The maximum atomic E-state index is 10.8. The quantitative estimate of drug-likeness (QED) is 0.858. The Labute approximate surface area is 144 Å². The van der Waals surface area contributed by atoms with Crippen molar-refractivity contribution in [2.24, 2.45) is 0 Å². The zero-order chi connectivity index (χ0) is 16.2. The first-order valence-electron chi connectivity index (χ1n) is 7.15. The van der Waals surface area contributed by atoms with Crippen LogP contribution in [0.5, 0.6) is 0 Å². The molecule has 1 aliphatic rings. The first-order chi connectivity index (χ1) is 11.2. The number of halogens is 2. The van der Waals surface area contributed by atoms with Crippen molar-refractivity contribution in [1.29, 1.82) is 0 Å². The number of aromatic nitrogens is 2. The highest BCUT2D eigenvalue weighted by Crippen LogP contribution is 2.26. The van der Waals surface area contributed by atoms with E-state index >= 15 is 0 Å². The van der Waals surface area contributed by atoms with Crippen molar-refractivity contribution in [3.63, 3.8) is 0 Å². The lowest BCUT2D eigenvalue weighted by molar-refractivity contribution is -0.118. The minimum atomic E-state index is 0.470. The largest absolute Gasteiger partial charge is 0.353 e. The molecule has 0 radical (unpaired) electrons. The smallest absolute Gasteiger partial charge is 0.229 e. The summed E-state index contributed by atoms with van der Waals surface area (Å²) in [4.78, 5) is 23.4. The molecule has 23 heavy (non-hydrogen) atoms. The number of hydrogen-bond acceptors (Lipinski definition) is 5. The first kappa shape index (κ1) is 15.8. The van der Waals surface area contributed by atoms with Crippen LogP contribution in [0.15, 0.2) is 30.5 Å². The molecule has 1 aromatic carbocycles. The molecule has 0 aliphatic carbocycles. The first-order valence-corrected chi connectivity index (χ1v) is 7.91. The van der Waals surface area contributed by atoms with Gasteiger partial charge in [0.25, 0.3) is 0 Å². The second kappa shape index (κ2) is 7.02. The van der Waals surface area contributed by atoms with Gasteiger partial charge in [-0.25, -0.2) is 4.98 Å². The van der Waals surface area contributed by atoms with Crippen LogP contribution in [-0.2, 0) is 4.79 Å². The Morgan fingerprint density at radius 3 is 2.57 bits per heavy atom. The van der Waals surface area contributed by atoms with Gasteiger partial charge < -0.3 is 15.1 Å². The third-order valence-electron chi connectivity index (χ3n) is 3.60. The molecule has 0 bridgehead atoms. The van der Waals surface area contributed by atoms with E-state index in [9.17, 15) is 4.79 Å². The summed E-state index contributed by atoms with van der Waals surface area (Å²) in [5.41, 5.74) is 0.766. The maximum absolute atomic E-state index is 10.8. The normalized spacial score (nSPS) is 14.7. The van der Waals surface area contributed by atoms with Crippen molar-refractivity contribution in [2.45, 2.75) is 0 Å². The number of benzene rings is 1. The van der Waals surface area contributed by atoms with Gasteiger partial charge in [0.1, 0.15) is 5.82 Å². The van der Waals surface area contributed by atoms with Crippen LogP contribution < -0.4 is 10.2 Å². The van der Waals surface area contributed by atoms with Crippen molar-refractivity contribution in [2.75, 3.05) is 36.4 Å². The van der Waals surface area contributed by atoms with Crippen LogP contribution in [0.1, 0.15) is 0 Å². The molecule has 1 N–H and O–H groups in total. The molecule has 2 heterocycles. The Morgan fingerprint density at radius 2 is 1.87 bits per heavy atom. The number of carbonyl (C=O) groups excluding carboxylic acids is 1. The SMILES string of the molecule is O=CN1CCN(c2ccnc(Nc3ccc(Cl)c(Cl)c3)n2)CC1. The third-order valence-corrected chi connectivity index (χ3v) is 4.34. The fourth-order valence-electron chi connectivity index (χ4n) is 2.34. The minimum absolute atomic E-state index is 0.470. The zero-order valence-electron chi connectivity index (χ0n) is 12.2. The molecule has 8 heteroatoms. The Morgan fingerprint density at radius 1 is 1.09 bits per heavy atom. The summed E-state index contributed by atoms with van der Waals surface area (Å²) in [5, 5.41) is 4.08. The number of carbonyl (C=O) groups is 1. The van der Waals surface area contributed by atoms with Gasteiger partial charge in [-0.05, 0) is 24.3 Å². The van der Waals surface area contributed by atoms with E-state index < -0.39 is 0 Å². The van der Waals surface area contributed by atoms with E-state index in [1.54, 1.807) is 23.2 Å². The lowest BCUT2D eigenvalue weighted by atomic mass is 10.3. The zero-order valence-corrected chi connectivity index (χ0v) is 13.8. The number of piperazine rings is 1. The molecule has 0 unspecified atom stereocenters. The summed E-state index contributed by atoms with van der Waals surface area (Å²) in [6.07, 6.45) is 2.59. The molecule has 6 nitrogen and oxygen atoms in total. The average Bonchev–Trinajstić information content (AvgIpc) is 2.58. The predicted molar refractivity (Wildman–Crippen MR) is 91.6 cm³/mol. The van der Waals surface area contributed by atoms with E-state index in [4.69, 9.17) is 23.2 Å². The average molecular weight is 352 g/mol. The van der Waals surface area contributed by atoms with E-state index in [0.29, 0.717) is 29.1 Å². The van der Waals surface area contributed by atoms with E-state index in [-0.39, 0.29) is 0 Å². The predicted octanol–water partition coefficient (Wildman–Crippen LogP) is 2.81. The van der Waals surface area contributed by atoms with Gasteiger partial charge in [-0.1, -0.05) is 23.2 Å². The maximum Gasteiger partial charge on any atom is 0.229 e. The van der Waals surface area contributed by atoms with Crippen LogP contribution in [0.4, 0.5) is 17.5 Å². The van der Waals surface area contributed by atoms with E-state index in [1.165, 1.54) is 0 Å². The molecule has 0 atom stereocenters. The number of amides is 1. The topological polar surface area (TPSA) is 61.4 Å². The fourth-order valence-corrected chi connectivity index (χ4v) is 2.64. The summed E-state index contributed by atoms with van der Waals surface area (Å²) in [5.74, 6) is 1.31. The summed E-state index contributed by atoms with van der Waals surface area (Å²) in [6.45, 7) is 2.90. The molecule has 3 rings (SSSR count). The Bertz CT molecular complexity index is 704. The Hall–Kier alpha value is -2.05. The molecule has 1 amide bonds. The summed E-state index contributed by atoms with van der Waals surface area (Å²) < 4.78 is 0. The van der Waals surface area contributed by atoms with Crippen molar-refractivity contribution in [3.05, 3.63) is 40.5 Å². The van der Waals surface area contributed by atoms with Crippen molar-refractivity contribution in [1.82, 2.24) is 14.9 Å². The lowest BCUT2D eigenvalue weighted by Gasteiger charge is -2.33. The van der Waals surface area contributed by atoms with Gasteiger partial charge >= 0.3 is 0 Å². The number of hydrogen-bond donors (Lipinski definition) is 1. The van der Waals surface area contributed by atoms with Crippen LogP contribution in [-0.4, -0.2) is 47.5 Å². The number of nitrogens with zero attached hydrogens (tertiary/aromatic N) is 4. The van der Waals surface area contributed by atoms with Gasteiger partial charge in [0, 0.05) is 38.1 Å².